The molecule has 5 nitrogen and oxygen atoms in total. The second kappa shape index (κ2) is 6.81. The van der Waals surface area contributed by atoms with Crippen molar-refractivity contribution >= 4 is 35.1 Å². The number of Topliss-reactive ketones (excluding diaryl/α,β-unsaturated/α-hetero) is 1. The maximum absolute atomic E-state index is 12.5. The monoisotopic (exact) mass is 371 g/mol. The fraction of sp³-hybridized carbons (Fsp3) is 0.529. The van der Waals surface area contributed by atoms with E-state index in [2.05, 4.69) is 0 Å². The average molecular weight is 372 g/mol. The van der Waals surface area contributed by atoms with Crippen LogP contribution in [0.2, 0.25) is 5.02 Å². The van der Waals surface area contributed by atoms with E-state index in [0.717, 1.165) is 5.56 Å². The van der Waals surface area contributed by atoms with E-state index in [1.54, 1.807) is 11.0 Å². The van der Waals surface area contributed by atoms with Gasteiger partial charge in [0, 0.05) is 31.0 Å². The van der Waals surface area contributed by atoms with Gasteiger partial charge >= 0.3 is 6.09 Å². The molecule has 130 valence electrons. The number of ketones is 1. The number of ether oxygens (including phenoxy) is 2. The van der Waals surface area contributed by atoms with Crippen LogP contribution in [0.5, 0.6) is 5.75 Å². The largest absolute Gasteiger partial charge is 0.486 e. The highest BCUT2D eigenvalue weighted by atomic mass is 35.5. The second-order valence-corrected chi connectivity index (χ2v) is 7.06. The quantitative estimate of drug-likeness (QED) is 0.741. The smallest absolute Gasteiger partial charge is 0.409 e. The van der Waals surface area contributed by atoms with Gasteiger partial charge in [0.05, 0.1) is 17.9 Å². The molecule has 1 aromatic carbocycles. The van der Waals surface area contributed by atoms with E-state index >= 15 is 0 Å². The molecular formula is C17H19Cl2NO4. The van der Waals surface area contributed by atoms with Crippen molar-refractivity contribution in [3.05, 3.63) is 28.3 Å². The number of alkyl halides is 1. The molecule has 0 radical (unpaired) electrons. The minimum Gasteiger partial charge on any atom is -0.486 e. The van der Waals surface area contributed by atoms with E-state index in [-0.39, 0.29) is 24.4 Å². The minimum absolute atomic E-state index is 0.0383. The maximum Gasteiger partial charge on any atom is 0.409 e. The Balaban J connectivity index is 1.72. The van der Waals surface area contributed by atoms with Gasteiger partial charge in [-0.05, 0) is 24.6 Å². The number of aryl methyl sites for hydroxylation is 1. The number of halogens is 2. The van der Waals surface area contributed by atoms with Crippen molar-refractivity contribution < 1.29 is 19.1 Å². The molecule has 24 heavy (non-hydrogen) atoms. The van der Waals surface area contributed by atoms with Crippen LogP contribution in [0.15, 0.2) is 12.1 Å². The molecule has 2 aliphatic rings. The molecule has 1 aromatic rings. The third-order valence-corrected chi connectivity index (χ3v) is 5.17. The molecule has 0 N–H and O–H groups in total. The summed E-state index contributed by atoms with van der Waals surface area (Å²) in [6.07, 6.45) is 1.13. The summed E-state index contributed by atoms with van der Waals surface area (Å²) >= 11 is 11.6. The molecule has 0 atom stereocenters. The highest BCUT2D eigenvalue weighted by Gasteiger charge is 2.44. The maximum atomic E-state index is 12.5. The topological polar surface area (TPSA) is 55.8 Å². The summed E-state index contributed by atoms with van der Waals surface area (Å²) in [4.78, 5) is 26.0. The highest BCUT2D eigenvalue weighted by molar-refractivity contribution is 6.31. The van der Waals surface area contributed by atoms with E-state index in [0.29, 0.717) is 48.7 Å². The van der Waals surface area contributed by atoms with E-state index in [9.17, 15) is 9.59 Å². The van der Waals surface area contributed by atoms with Gasteiger partial charge in [0.1, 0.15) is 18.0 Å². The number of piperidine rings is 1. The number of amides is 1. The van der Waals surface area contributed by atoms with Crippen molar-refractivity contribution in [1.29, 1.82) is 0 Å². The number of likely N-dealkylation sites (tertiary alicyclic amines) is 1. The van der Waals surface area contributed by atoms with Gasteiger partial charge in [0.2, 0.25) is 0 Å². The lowest BCUT2D eigenvalue weighted by Crippen LogP contribution is -2.52. The Morgan fingerprint density at radius 1 is 1.38 bits per heavy atom. The van der Waals surface area contributed by atoms with Crippen LogP contribution in [0.1, 0.15) is 35.2 Å². The molecular weight excluding hydrogens is 353 g/mol. The van der Waals surface area contributed by atoms with E-state index in [1.165, 1.54) is 0 Å². The van der Waals surface area contributed by atoms with Crippen molar-refractivity contribution in [3.63, 3.8) is 0 Å². The second-order valence-electron chi connectivity index (χ2n) is 6.27. The minimum atomic E-state index is -0.548. The molecule has 1 fully saturated rings. The van der Waals surface area contributed by atoms with Crippen LogP contribution in [0, 0.1) is 6.92 Å². The van der Waals surface area contributed by atoms with Gasteiger partial charge in [-0.25, -0.2) is 4.79 Å². The highest BCUT2D eigenvalue weighted by Crippen LogP contribution is 2.41. The first-order valence-corrected chi connectivity index (χ1v) is 8.85. The van der Waals surface area contributed by atoms with Gasteiger partial charge in [-0.15, -0.1) is 11.6 Å². The summed E-state index contributed by atoms with van der Waals surface area (Å²) in [6, 6.07) is 3.50. The summed E-state index contributed by atoms with van der Waals surface area (Å²) in [7, 11) is 0. The number of carbonyl (C=O) groups excluding carboxylic acids is 2. The van der Waals surface area contributed by atoms with E-state index < -0.39 is 5.60 Å². The van der Waals surface area contributed by atoms with Crippen molar-refractivity contribution in [2.75, 3.05) is 25.6 Å². The fourth-order valence-corrected chi connectivity index (χ4v) is 3.45. The number of hydrogen-bond donors (Lipinski definition) is 0. The normalized spacial score (nSPS) is 19.0. The number of carbonyl (C=O) groups is 2. The van der Waals surface area contributed by atoms with Gasteiger partial charge in [0.25, 0.3) is 0 Å². The van der Waals surface area contributed by atoms with Crippen molar-refractivity contribution in [2.45, 2.75) is 31.8 Å². The molecule has 2 heterocycles. The van der Waals surface area contributed by atoms with Crippen LogP contribution >= 0.6 is 23.2 Å². The third kappa shape index (κ3) is 3.33. The average Bonchev–Trinajstić information content (AvgIpc) is 2.55. The molecule has 1 amide bonds. The van der Waals surface area contributed by atoms with Crippen LogP contribution in [-0.2, 0) is 4.74 Å². The van der Waals surface area contributed by atoms with Gasteiger partial charge in [-0.1, -0.05) is 11.6 Å². The predicted molar refractivity (Wildman–Crippen MR) is 91.4 cm³/mol. The standard InChI is InChI=1S/C17H19Cl2NO4/c1-11-8-15-12(9-13(11)19)14(21)10-17(24-15)2-5-20(6-3-17)16(22)23-7-4-18/h8-9H,2-7,10H2,1H3. The van der Waals surface area contributed by atoms with E-state index in [1.807, 2.05) is 13.0 Å². The molecule has 0 unspecified atom stereocenters. The number of nitrogens with zero attached hydrogens (tertiary/aromatic N) is 1. The Hall–Kier alpha value is -1.46. The first kappa shape index (κ1) is 17.4. The Morgan fingerprint density at radius 2 is 2.08 bits per heavy atom. The number of benzene rings is 1. The van der Waals surface area contributed by atoms with Crippen LogP contribution in [-0.4, -0.2) is 48.0 Å². The molecule has 0 saturated carbocycles. The summed E-state index contributed by atoms with van der Waals surface area (Å²) < 4.78 is 11.2. The van der Waals surface area contributed by atoms with Gasteiger partial charge < -0.3 is 14.4 Å². The molecule has 0 aromatic heterocycles. The summed E-state index contributed by atoms with van der Waals surface area (Å²) in [5.74, 6) is 0.905. The van der Waals surface area contributed by atoms with Crippen LogP contribution in [0.25, 0.3) is 0 Å². The summed E-state index contributed by atoms with van der Waals surface area (Å²) in [5.41, 5.74) is 0.871. The SMILES string of the molecule is Cc1cc2c(cc1Cl)C(=O)CC1(CCN(C(=O)OCCCl)CC1)O2. The first-order valence-electron chi connectivity index (χ1n) is 7.94. The van der Waals surface area contributed by atoms with Crippen LogP contribution in [0.3, 0.4) is 0 Å². The lowest BCUT2D eigenvalue weighted by molar-refractivity contribution is -0.00856. The lowest BCUT2D eigenvalue weighted by Gasteiger charge is -2.43. The Morgan fingerprint density at radius 3 is 2.75 bits per heavy atom. The van der Waals surface area contributed by atoms with Gasteiger partial charge in [-0.2, -0.15) is 0 Å². The zero-order valence-electron chi connectivity index (χ0n) is 13.4. The first-order chi connectivity index (χ1) is 11.4. The van der Waals surface area contributed by atoms with Gasteiger partial charge in [-0.3, -0.25) is 4.79 Å². The molecule has 1 saturated heterocycles. The van der Waals surface area contributed by atoms with Crippen molar-refractivity contribution in [2.24, 2.45) is 0 Å². The zero-order chi connectivity index (χ0) is 17.3. The third-order valence-electron chi connectivity index (χ3n) is 4.61. The summed E-state index contributed by atoms with van der Waals surface area (Å²) in [5, 5.41) is 0.568. The number of fused-ring (bicyclic) bond motifs is 1. The van der Waals surface area contributed by atoms with E-state index in [4.69, 9.17) is 32.7 Å². The number of hydrogen-bond acceptors (Lipinski definition) is 4. The van der Waals surface area contributed by atoms with Gasteiger partial charge in [0.15, 0.2) is 5.78 Å². The Kier molecular flexibility index (Phi) is 4.92. The predicted octanol–water partition coefficient (Wildman–Crippen LogP) is 3.82. The van der Waals surface area contributed by atoms with Crippen LogP contribution < -0.4 is 4.74 Å². The molecule has 2 aliphatic heterocycles. The molecule has 0 bridgehead atoms. The molecule has 3 rings (SSSR count). The number of rotatable bonds is 2. The van der Waals surface area contributed by atoms with Crippen molar-refractivity contribution in [1.82, 2.24) is 4.90 Å². The lowest BCUT2D eigenvalue weighted by atomic mass is 9.82. The fourth-order valence-electron chi connectivity index (χ4n) is 3.21. The Labute approximate surface area is 150 Å². The summed E-state index contributed by atoms with van der Waals surface area (Å²) in [6.45, 7) is 3.07. The zero-order valence-corrected chi connectivity index (χ0v) is 15.0. The Bertz CT molecular complexity index is 669. The molecule has 1 spiro atoms. The molecule has 7 heteroatoms. The van der Waals surface area contributed by atoms with Crippen molar-refractivity contribution in [3.8, 4) is 5.75 Å². The van der Waals surface area contributed by atoms with Crippen LogP contribution in [0.4, 0.5) is 4.79 Å². The molecule has 0 aliphatic carbocycles.